The van der Waals surface area contributed by atoms with E-state index < -0.39 is 53.4 Å². The van der Waals surface area contributed by atoms with Gasteiger partial charge in [0.25, 0.3) is 0 Å². The summed E-state index contributed by atoms with van der Waals surface area (Å²) in [6.45, 7) is 7.75. The molecule has 0 radical (unpaired) electrons. The summed E-state index contributed by atoms with van der Waals surface area (Å²) in [6.07, 6.45) is 3.68. The molecule has 2 heterocycles. The van der Waals surface area contributed by atoms with Crippen molar-refractivity contribution in [2.75, 3.05) is 29.2 Å². The zero-order valence-electron chi connectivity index (χ0n) is 22.8. The number of rotatable bonds is 6. The molecule has 2 N–H and O–H groups in total. The molecule has 0 amide bonds. The van der Waals surface area contributed by atoms with E-state index in [2.05, 4.69) is 0 Å². The molecule has 2 saturated heterocycles. The van der Waals surface area contributed by atoms with Gasteiger partial charge in [0.1, 0.15) is 0 Å². The molecule has 4 fully saturated rings. The summed E-state index contributed by atoms with van der Waals surface area (Å²) < 4.78 is 69.8. The van der Waals surface area contributed by atoms with Gasteiger partial charge in [-0.25, -0.2) is 0 Å². The van der Waals surface area contributed by atoms with E-state index in [1.54, 1.807) is 0 Å². The van der Waals surface area contributed by atoms with Gasteiger partial charge >= 0.3 is 259 Å². The van der Waals surface area contributed by atoms with Gasteiger partial charge in [0, 0.05) is 0 Å². The van der Waals surface area contributed by atoms with Crippen molar-refractivity contribution >= 4 is 44.0 Å². The van der Waals surface area contributed by atoms with Crippen LogP contribution in [0.3, 0.4) is 0 Å². The molecule has 5 rings (SSSR count). The van der Waals surface area contributed by atoms with Gasteiger partial charge in [0.15, 0.2) is 0 Å². The second kappa shape index (κ2) is 9.93. The summed E-state index contributed by atoms with van der Waals surface area (Å²) >= 11 is -0.741. The first-order chi connectivity index (χ1) is 18.3. The molecular formula is C28H34I2O8S2-2. The topological polar surface area (TPSA) is 143 Å². The van der Waals surface area contributed by atoms with Gasteiger partial charge in [-0.2, -0.15) is 0 Å². The summed E-state index contributed by atoms with van der Waals surface area (Å²) in [5.74, 6) is -1.57. The number of Topliss-reactive ketones (excluding diaryl/α,β-unsaturated/α-hetero) is 2. The zero-order valence-corrected chi connectivity index (χ0v) is 28.7. The molecule has 4 unspecified atom stereocenters. The molecule has 1 aromatic rings. The maximum atomic E-state index is 13.7. The van der Waals surface area contributed by atoms with Crippen LogP contribution in [0.4, 0.5) is 0 Å². The molecule has 2 aliphatic carbocycles. The molecular weight excluding hydrogens is 782 g/mol. The molecule has 0 aromatic heterocycles. The van der Waals surface area contributed by atoms with E-state index in [1.807, 2.05) is 64.1 Å². The first-order valence-corrected chi connectivity index (χ1v) is 22.3. The average molecular weight is 817 g/mol. The molecule has 222 valence electrons. The molecule has 2 saturated carbocycles. The van der Waals surface area contributed by atoms with Crippen molar-refractivity contribution in [3.63, 3.8) is 0 Å². The first-order valence-electron chi connectivity index (χ1n) is 12.9. The summed E-state index contributed by atoms with van der Waals surface area (Å²) in [5.41, 5.74) is -0.532. The SMILES string of the molecule is CC1(C)C2C[I-]CC1(CS(=O)(=O)O)C(=O)/C2=C\c1ccc(/C=C2\C(=O)C3(CS(=O)(=O)O)C[I-]CC2C3(C)C)cc1. The van der Waals surface area contributed by atoms with Crippen molar-refractivity contribution in [2.24, 2.45) is 33.5 Å². The van der Waals surface area contributed by atoms with Crippen LogP contribution in [0.15, 0.2) is 35.4 Å². The summed E-state index contributed by atoms with van der Waals surface area (Å²) in [6, 6.07) is 7.46. The third-order valence-corrected chi connectivity index (χ3v) is 18.4. The third kappa shape index (κ3) is 4.80. The van der Waals surface area contributed by atoms with Gasteiger partial charge in [-0.15, -0.1) is 0 Å². The number of fused-ring (bicyclic) bond motifs is 4. The van der Waals surface area contributed by atoms with Gasteiger partial charge in [0.05, 0.1) is 0 Å². The maximum absolute atomic E-state index is 13.7. The number of carbonyl (C=O) groups is 2. The fourth-order valence-corrected chi connectivity index (χ4v) is 20.4. The van der Waals surface area contributed by atoms with Crippen LogP contribution in [0.2, 0.25) is 0 Å². The number of halogens is 2. The van der Waals surface area contributed by atoms with Gasteiger partial charge in [-0.1, -0.05) is 0 Å². The Morgan fingerprint density at radius 2 is 1.05 bits per heavy atom. The van der Waals surface area contributed by atoms with Gasteiger partial charge in [-0.05, 0) is 0 Å². The minimum absolute atomic E-state index is 0.0648. The van der Waals surface area contributed by atoms with Crippen molar-refractivity contribution in [1.29, 1.82) is 0 Å². The quantitative estimate of drug-likeness (QED) is 0.133. The monoisotopic (exact) mass is 816 g/mol. The summed E-state index contributed by atoms with van der Waals surface area (Å²) in [4.78, 5) is 27.4. The number of benzene rings is 1. The van der Waals surface area contributed by atoms with E-state index in [1.165, 1.54) is 0 Å². The molecule has 40 heavy (non-hydrogen) atoms. The Balaban J connectivity index is 1.47. The first kappa shape index (κ1) is 30.8. The number of ketones is 2. The van der Waals surface area contributed by atoms with Crippen molar-refractivity contribution in [1.82, 2.24) is 0 Å². The molecule has 4 atom stereocenters. The Morgan fingerprint density at radius 3 is 1.35 bits per heavy atom. The van der Waals surface area contributed by atoms with Crippen molar-refractivity contribution in [3.8, 4) is 0 Å². The fraction of sp³-hybridized carbons (Fsp3) is 0.571. The predicted octanol–water partition coefficient (Wildman–Crippen LogP) is -3.14. The predicted molar refractivity (Wildman–Crippen MR) is 144 cm³/mol. The summed E-state index contributed by atoms with van der Waals surface area (Å²) in [5, 5.41) is 0. The van der Waals surface area contributed by atoms with Crippen LogP contribution in [0.1, 0.15) is 38.8 Å². The number of hydrogen-bond donors (Lipinski definition) is 2. The van der Waals surface area contributed by atoms with Gasteiger partial charge in [-0.3, -0.25) is 0 Å². The van der Waals surface area contributed by atoms with Crippen molar-refractivity contribution in [3.05, 3.63) is 46.5 Å². The molecule has 4 bridgehead atoms. The molecule has 0 spiro atoms. The average Bonchev–Trinajstić information content (AvgIpc) is 2.95. The fourth-order valence-electron chi connectivity index (χ4n) is 7.15. The van der Waals surface area contributed by atoms with Crippen LogP contribution in [0, 0.1) is 33.5 Å². The van der Waals surface area contributed by atoms with Crippen LogP contribution in [0.5, 0.6) is 0 Å². The third-order valence-electron chi connectivity index (χ3n) is 9.96. The Bertz CT molecular complexity index is 1440. The van der Waals surface area contributed by atoms with E-state index in [0.29, 0.717) is 20.0 Å². The van der Waals surface area contributed by atoms with E-state index in [9.17, 15) is 35.5 Å². The molecule has 8 nitrogen and oxygen atoms in total. The molecule has 1 aromatic carbocycles. The normalized spacial score (nSPS) is 35.5. The second-order valence-electron chi connectivity index (χ2n) is 12.6. The van der Waals surface area contributed by atoms with Gasteiger partial charge < -0.3 is 0 Å². The number of hydrogen-bond acceptors (Lipinski definition) is 6. The molecule has 12 heteroatoms. The zero-order chi connectivity index (χ0) is 29.5. The van der Waals surface area contributed by atoms with Crippen LogP contribution < -0.4 is 42.4 Å². The number of allylic oxidation sites excluding steroid dienone is 2. The summed E-state index contributed by atoms with van der Waals surface area (Å²) in [7, 11) is -8.66. The van der Waals surface area contributed by atoms with E-state index in [-0.39, 0.29) is 65.8 Å². The molecule has 2 aliphatic heterocycles. The number of carbonyl (C=O) groups excluding carboxylic acids is 2. The van der Waals surface area contributed by atoms with E-state index in [0.717, 1.165) is 20.0 Å². The van der Waals surface area contributed by atoms with E-state index in [4.69, 9.17) is 0 Å². The van der Waals surface area contributed by atoms with Crippen LogP contribution >= 0.6 is 0 Å². The molecule has 4 aliphatic rings. The second-order valence-corrected chi connectivity index (χ2v) is 21.0. The van der Waals surface area contributed by atoms with Crippen LogP contribution in [-0.4, -0.2) is 66.7 Å². The van der Waals surface area contributed by atoms with E-state index >= 15 is 0 Å². The van der Waals surface area contributed by atoms with Crippen LogP contribution in [-0.2, 0) is 29.8 Å². The van der Waals surface area contributed by atoms with Crippen LogP contribution in [0.25, 0.3) is 12.2 Å². The van der Waals surface area contributed by atoms with Gasteiger partial charge in [0.2, 0.25) is 0 Å². The Kier molecular flexibility index (Phi) is 7.64. The Hall–Kier alpha value is -0.680. The number of alkyl halides is 4. The minimum atomic E-state index is -4.33. The standard InChI is InChI=1S/C28H34I2O8S2/c1-25(2)21-11-29-13-27(25,15-39(33,34)35)23(31)19(21)9-17-5-7-18(8-6-17)10-20-22-12-30-14-28(24(20)32,26(22,3)4)16-40(36,37)38/h5-10,21-22H,11-16H2,1-4H3,(H,33,34,35)(H,36,37,38)/q-2/b19-9-,20-10-. The van der Waals surface area contributed by atoms with Crippen molar-refractivity contribution in [2.45, 2.75) is 27.7 Å². The van der Waals surface area contributed by atoms with Crippen molar-refractivity contribution < 1.29 is 77.9 Å². The Labute approximate surface area is 256 Å². The Morgan fingerprint density at radius 1 is 0.725 bits per heavy atom.